The number of rotatable bonds is 8. The monoisotopic (exact) mass is 466 g/mol. The molecule has 0 unspecified atom stereocenters. The Kier molecular flexibility index (Phi) is 7.71. The summed E-state index contributed by atoms with van der Waals surface area (Å²) in [4.78, 5) is 23.9. The van der Waals surface area contributed by atoms with Gasteiger partial charge in [0.25, 0.3) is 0 Å². The van der Waals surface area contributed by atoms with Gasteiger partial charge >= 0.3 is 6.18 Å². The summed E-state index contributed by atoms with van der Waals surface area (Å²) < 4.78 is 46.5. The van der Waals surface area contributed by atoms with Crippen molar-refractivity contribution in [3.63, 3.8) is 0 Å². The van der Waals surface area contributed by atoms with Crippen LogP contribution in [0.25, 0.3) is 11.1 Å². The highest BCUT2D eigenvalue weighted by molar-refractivity contribution is 7.98. The largest absolute Gasteiger partial charge is 0.487 e. The van der Waals surface area contributed by atoms with E-state index in [-0.39, 0.29) is 23.9 Å². The van der Waals surface area contributed by atoms with Crippen molar-refractivity contribution < 1.29 is 27.5 Å². The minimum atomic E-state index is -4.49. The molecule has 2 aromatic rings. The fourth-order valence-electron chi connectivity index (χ4n) is 3.72. The SMILES string of the molecule is CSCC[C@H](NC(C)=O)C(=O)NC[C@@H]1Cc2cccc(-c3ccccc3C(F)(F)F)c2O1. The second kappa shape index (κ2) is 10.3. The van der Waals surface area contributed by atoms with Gasteiger partial charge in [0.15, 0.2) is 0 Å². The maximum Gasteiger partial charge on any atom is 0.417 e. The predicted molar refractivity (Wildman–Crippen MR) is 119 cm³/mol. The van der Waals surface area contributed by atoms with E-state index >= 15 is 0 Å². The first kappa shape index (κ1) is 24.0. The Morgan fingerprint density at radius 2 is 1.88 bits per heavy atom. The molecule has 0 saturated carbocycles. The number of hydrogen-bond donors (Lipinski definition) is 2. The third-order valence-corrected chi connectivity index (χ3v) is 5.80. The van der Waals surface area contributed by atoms with Crippen molar-refractivity contribution in [2.75, 3.05) is 18.6 Å². The Hall–Kier alpha value is -2.68. The van der Waals surface area contributed by atoms with Crippen molar-refractivity contribution in [1.82, 2.24) is 10.6 Å². The van der Waals surface area contributed by atoms with Gasteiger partial charge in [-0.15, -0.1) is 0 Å². The molecule has 0 saturated heterocycles. The number of halogens is 3. The molecule has 32 heavy (non-hydrogen) atoms. The fourth-order valence-corrected chi connectivity index (χ4v) is 4.19. The van der Waals surface area contributed by atoms with Crippen molar-refractivity contribution in [3.05, 3.63) is 53.6 Å². The molecule has 0 aliphatic carbocycles. The molecular weight excluding hydrogens is 441 g/mol. The lowest BCUT2D eigenvalue weighted by atomic mass is 9.96. The summed E-state index contributed by atoms with van der Waals surface area (Å²) >= 11 is 1.58. The summed E-state index contributed by atoms with van der Waals surface area (Å²) in [6, 6.07) is 9.90. The van der Waals surface area contributed by atoms with E-state index in [9.17, 15) is 22.8 Å². The van der Waals surface area contributed by atoms with Crippen molar-refractivity contribution >= 4 is 23.6 Å². The Balaban J connectivity index is 1.73. The highest BCUT2D eigenvalue weighted by Crippen LogP contribution is 2.43. The number of nitrogens with one attached hydrogen (secondary N) is 2. The van der Waals surface area contributed by atoms with Crippen LogP contribution in [0.4, 0.5) is 13.2 Å². The second-order valence-electron chi connectivity index (χ2n) is 7.56. The smallest absolute Gasteiger partial charge is 0.417 e. The van der Waals surface area contributed by atoms with Crippen LogP contribution < -0.4 is 15.4 Å². The van der Waals surface area contributed by atoms with E-state index < -0.39 is 23.9 Å². The van der Waals surface area contributed by atoms with Gasteiger partial charge in [-0.3, -0.25) is 9.59 Å². The lowest BCUT2D eigenvalue weighted by Gasteiger charge is -2.19. The lowest BCUT2D eigenvalue weighted by molar-refractivity contribution is -0.137. The maximum atomic E-state index is 13.5. The Bertz CT molecular complexity index is 981. The third-order valence-electron chi connectivity index (χ3n) is 5.16. The van der Waals surface area contributed by atoms with Crippen LogP contribution >= 0.6 is 11.8 Å². The van der Waals surface area contributed by atoms with E-state index in [0.717, 1.165) is 11.6 Å². The normalized spacial score (nSPS) is 16.1. The first-order chi connectivity index (χ1) is 15.2. The molecular formula is C23H25F3N2O3S. The third kappa shape index (κ3) is 5.76. The van der Waals surface area contributed by atoms with Crippen molar-refractivity contribution in [2.45, 2.75) is 38.1 Å². The Morgan fingerprint density at radius 1 is 1.16 bits per heavy atom. The fraction of sp³-hybridized carbons (Fsp3) is 0.391. The summed E-state index contributed by atoms with van der Waals surface area (Å²) in [5.41, 5.74) is 0.505. The molecule has 0 bridgehead atoms. The van der Waals surface area contributed by atoms with Gasteiger partial charge < -0.3 is 15.4 Å². The molecule has 0 aromatic heterocycles. The van der Waals surface area contributed by atoms with Gasteiger partial charge in [-0.05, 0) is 35.6 Å². The molecule has 0 fully saturated rings. The van der Waals surface area contributed by atoms with Gasteiger partial charge in [-0.25, -0.2) is 0 Å². The molecule has 172 valence electrons. The second-order valence-corrected chi connectivity index (χ2v) is 8.55. The number of hydrogen-bond acceptors (Lipinski definition) is 4. The molecule has 1 aliphatic rings. The number of alkyl halides is 3. The van der Waals surface area contributed by atoms with Gasteiger partial charge in [0.2, 0.25) is 11.8 Å². The predicted octanol–water partition coefficient (Wildman–Crippen LogP) is 4.05. The van der Waals surface area contributed by atoms with Crippen molar-refractivity contribution in [3.8, 4) is 16.9 Å². The molecule has 2 N–H and O–H groups in total. The Morgan fingerprint density at radius 3 is 2.56 bits per heavy atom. The van der Waals surface area contributed by atoms with Gasteiger partial charge in [0, 0.05) is 18.9 Å². The van der Waals surface area contributed by atoms with E-state index in [0.29, 0.717) is 29.9 Å². The average Bonchev–Trinajstić information content (AvgIpc) is 3.17. The van der Waals surface area contributed by atoms with Crippen LogP contribution in [-0.2, 0) is 22.2 Å². The van der Waals surface area contributed by atoms with Gasteiger partial charge in [-0.1, -0.05) is 36.4 Å². The molecule has 1 heterocycles. The highest BCUT2D eigenvalue weighted by Gasteiger charge is 2.35. The van der Waals surface area contributed by atoms with Crippen LogP contribution in [0.1, 0.15) is 24.5 Å². The molecule has 2 aromatic carbocycles. The number of benzene rings is 2. The molecule has 9 heteroatoms. The molecule has 2 amide bonds. The standard InChI is InChI=1S/C23H25F3N2O3S/c1-14(29)28-20(10-11-32-2)22(30)27-13-16-12-15-6-5-8-18(21(15)31-16)17-7-3-4-9-19(17)23(24,25)26/h3-9,16,20H,10-13H2,1-2H3,(H,27,30)(H,28,29)/t16-,20-/m0/s1. The summed E-state index contributed by atoms with van der Waals surface area (Å²) in [7, 11) is 0. The van der Waals surface area contributed by atoms with E-state index in [1.165, 1.54) is 19.1 Å². The first-order valence-electron chi connectivity index (χ1n) is 10.2. The van der Waals surface area contributed by atoms with E-state index in [1.54, 1.807) is 30.0 Å². The number of para-hydroxylation sites is 1. The zero-order valence-corrected chi connectivity index (χ0v) is 18.6. The van der Waals surface area contributed by atoms with Crippen LogP contribution in [0.5, 0.6) is 5.75 Å². The number of carbonyl (C=O) groups is 2. The molecule has 2 atom stereocenters. The van der Waals surface area contributed by atoms with Crippen LogP contribution in [0.3, 0.4) is 0 Å². The molecule has 3 rings (SSSR count). The minimum Gasteiger partial charge on any atom is -0.487 e. The van der Waals surface area contributed by atoms with Gasteiger partial charge in [-0.2, -0.15) is 24.9 Å². The van der Waals surface area contributed by atoms with Crippen molar-refractivity contribution in [2.24, 2.45) is 0 Å². The summed E-state index contributed by atoms with van der Waals surface area (Å²) in [6.07, 6.45) is -2.02. The number of thioether (sulfide) groups is 1. The van der Waals surface area contributed by atoms with Crippen LogP contribution in [-0.4, -0.2) is 42.5 Å². The number of fused-ring (bicyclic) bond motifs is 1. The number of ether oxygens (including phenoxy) is 1. The van der Waals surface area contributed by atoms with Gasteiger partial charge in [0.05, 0.1) is 12.1 Å². The number of carbonyl (C=O) groups excluding carboxylic acids is 2. The summed E-state index contributed by atoms with van der Waals surface area (Å²) in [6.45, 7) is 1.54. The molecule has 5 nitrogen and oxygen atoms in total. The zero-order valence-electron chi connectivity index (χ0n) is 17.8. The number of amides is 2. The van der Waals surface area contributed by atoms with Crippen LogP contribution in [0.2, 0.25) is 0 Å². The summed E-state index contributed by atoms with van der Waals surface area (Å²) in [5, 5.41) is 5.45. The van der Waals surface area contributed by atoms with E-state index in [4.69, 9.17) is 4.74 Å². The minimum absolute atomic E-state index is 0.0596. The Labute approximate surface area is 189 Å². The quantitative estimate of drug-likeness (QED) is 0.616. The maximum absolute atomic E-state index is 13.5. The van der Waals surface area contributed by atoms with Crippen LogP contribution in [0, 0.1) is 0 Å². The van der Waals surface area contributed by atoms with E-state index in [2.05, 4.69) is 10.6 Å². The molecule has 1 aliphatic heterocycles. The molecule has 0 radical (unpaired) electrons. The van der Waals surface area contributed by atoms with E-state index in [1.807, 2.05) is 12.3 Å². The van der Waals surface area contributed by atoms with Crippen LogP contribution in [0.15, 0.2) is 42.5 Å². The average molecular weight is 467 g/mol. The van der Waals surface area contributed by atoms with Crippen molar-refractivity contribution in [1.29, 1.82) is 0 Å². The highest BCUT2D eigenvalue weighted by atomic mass is 32.2. The topological polar surface area (TPSA) is 67.4 Å². The zero-order chi connectivity index (χ0) is 23.3. The molecule has 0 spiro atoms. The lowest BCUT2D eigenvalue weighted by Crippen LogP contribution is -2.48. The summed E-state index contributed by atoms with van der Waals surface area (Å²) in [5.74, 6) is 0.524. The van der Waals surface area contributed by atoms with Gasteiger partial charge in [0.1, 0.15) is 17.9 Å². The first-order valence-corrected chi connectivity index (χ1v) is 11.6.